The topological polar surface area (TPSA) is 35.8 Å². The molecule has 2 unspecified atom stereocenters. The molecule has 2 aliphatic heterocycles. The van der Waals surface area contributed by atoms with E-state index in [-0.39, 0.29) is 6.10 Å². The largest absolute Gasteiger partial charge is 0.393 e. The van der Waals surface area contributed by atoms with Crippen molar-refractivity contribution in [2.45, 2.75) is 51.6 Å². The van der Waals surface area contributed by atoms with Crippen LogP contribution in [-0.4, -0.2) is 41.6 Å². The van der Waals surface area contributed by atoms with Gasteiger partial charge in [-0.25, -0.2) is 0 Å². The summed E-state index contributed by atoms with van der Waals surface area (Å²) in [5.74, 6) is 1.81. The van der Waals surface area contributed by atoms with E-state index in [1.54, 1.807) is 0 Å². The Morgan fingerprint density at radius 2 is 2.19 bits per heavy atom. The number of aliphatic hydroxyl groups is 1. The van der Waals surface area contributed by atoms with Gasteiger partial charge in [-0.2, -0.15) is 0 Å². The molecular formula is C13H24N2O. The maximum Gasteiger partial charge on any atom is 0.102 e. The first-order chi connectivity index (χ1) is 7.81. The Morgan fingerprint density at radius 1 is 1.38 bits per heavy atom. The summed E-state index contributed by atoms with van der Waals surface area (Å²) < 4.78 is 0. The van der Waals surface area contributed by atoms with Crippen molar-refractivity contribution in [3.63, 3.8) is 0 Å². The minimum absolute atomic E-state index is 0.144. The molecule has 1 N–H and O–H groups in total. The van der Waals surface area contributed by atoms with Gasteiger partial charge in [0.2, 0.25) is 0 Å². The Labute approximate surface area is 98.6 Å². The van der Waals surface area contributed by atoms with Crippen molar-refractivity contribution in [2.24, 2.45) is 10.9 Å². The Bertz CT molecular complexity index is 252. The van der Waals surface area contributed by atoms with Crippen LogP contribution in [0.4, 0.5) is 0 Å². The fourth-order valence-corrected chi connectivity index (χ4v) is 2.82. The van der Waals surface area contributed by atoms with E-state index in [2.05, 4.69) is 11.8 Å². The van der Waals surface area contributed by atoms with E-state index >= 15 is 0 Å². The second kappa shape index (κ2) is 5.67. The first-order valence-corrected chi connectivity index (χ1v) is 6.78. The molecule has 1 fully saturated rings. The van der Waals surface area contributed by atoms with Crippen molar-refractivity contribution in [3.05, 3.63) is 0 Å². The van der Waals surface area contributed by atoms with E-state index in [0.717, 1.165) is 19.4 Å². The van der Waals surface area contributed by atoms with Gasteiger partial charge in [0, 0.05) is 25.6 Å². The maximum atomic E-state index is 9.82. The maximum absolute atomic E-state index is 9.82. The normalized spacial score (nSPS) is 28.0. The van der Waals surface area contributed by atoms with Gasteiger partial charge in [0.1, 0.15) is 5.84 Å². The lowest BCUT2D eigenvalue weighted by molar-refractivity contribution is 0.145. The summed E-state index contributed by atoms with van der Waals surface area (Å²) in [5.41, 5.74) is 0. The predicted molar refractivity (Wildman–Crippen MR) is 66.7 cm³/mol. The number of fused-ring (bicyclic) bond motifs is 1. The molecule has 0 aromatic rings. The molecular weight excluding hydrogens is 200 g/mol. The molecule has 0 bridgehead atoms. The molecule has 2 rings (SSSR count). The van der Waals surface area contributed by atoms with Gasteiger partial charge in [0.25, 0.3) is 0 Å². The molecule has 92 valence electrons. The average Bonchev–Trinajstić information content (AvgIpc) is 2.52. The lowest BCUT2D eigenvalue weighted by Crippen LogP contribution is -2.40. The predicted octanol–water partition coefficient (Wildman–Crippen LogP) is 2.05. The van der Waals surface area contributed by atoms with Crippen LogP contribution >= 0.6 is 0 Å². The average molecular weight is 224 g/mol. The van der Waals surface area contributed by atoms with Gasteiger partial charge in [-0.1, -0.05) is 13.3 Å². The summed E-state index contributed by atoms with van der Waals surface area (Å²) in [4.78, 5) is 7.17. The molecule has 3 nitrogen and oxygen atoms in total. The molecule has 0 spiro atoms. The van der Waals surface area contributed by atoms with Crippen LogP contribution in [0.2, 0.25) is 0 Å². The van der Waals surface area contributed by atoms with Crippen molar-refractivity contribution < 1.29 is 5.11 Å². The molecule has 3 heteroatoms. The summed E-state index contributed by atoms with van der Waals surface area (Å²) in [5, 5.41) is 9.82. The Morgan fingerprint density at radius 3 is 3.00 bits per heavy atom. The van der Waals surface area contributed by atoms with Crippen LogP contribution in [0.5, 0.6) is 0 Å². The fraction of sp³-hybridized carbons (Fsp3) is 0.923. The molecule has 0 aromatic heterocycles. The number of amidine groups is 1. The molecule has 1 saturated heterocycles. The van der Waals surface area contributed by atoms with Crippen molar-refractivity contribution in [3.8, 4) is 0 Å². The van der Waals surface area contributed by atoms with Crippen LogP contribution < -0.4 is 0 Å². The molecule has 2 aliphatic rings. The highest BCUT2D eigenvalue weighted by Gasteiger charge is 2.27. The number of aliphatic imine (C=N–C) groups is 1. The van der Waals surface area contributed by atoms with Gasteiger partial charge in [-0.15, -0.1) is 0 Å². The minimum Gasteiger partial charge on any atom is -0.393 e. The molecule has 2 atom stereocenters. The number of nitrogens with zero attached hydrogens (tertiary/aromatic N) is 2. The molecule has 0 aliphatic carbocycles. The van der Waals surface area contributed by atoms with Crippen LogP contribution in [0.15, 0.2) is 4.99 Å². The van der Waals surface area contributed by atoms with E-state index in [1.165, 1.54) is 44.6 Å². The number of hydrogen-bond donors (Lipinski definition) is 1. The van der Waals surface area contributed by atoms with E-state index in [4.69, 9.17) is 4.99 Å². The van der Waals surface area contributed by atoms with E-state index in [1.807, 2.05) is 0 Å². The standard InChI is InChI=1S/C13H24N2O/c1-2-12(16)10-11-6-3-4-8-15-9-5-7-14-13(11)15/h11-12,16H,2-10H2,1H3. The van der Waals surface area contributed by atoms with Gasteiger partial charge in [-0.05, 0) is 32.1 Å². The van der Waals surface area contributed by atoms with Gasteiger partial charge in [0.05, 0.1) is 6.10 Å². The van der Waals surface area contributed by atoms with Crippen molar-refractivity contribution in [1.29, 1.82) is 0 Å². The minimum atomic E-state index is -0.144. The third kappa shape index (κ3) is 2.76. The second-order valence-electron chi connectivity index (χ2n) is 5.07. The summed E-state index contributed by atoms with van der Waals surface area (Å²) in [6.07, 6.45) is 6.62. The van der Waals surface area contributed by atoms with Crippen LogP contribution in [-0.2, 0) is 0 Å². The van der Waals surface area contributed by atoms with Crippen molar-refractivity contribution >= 4 is 5.84 Å². The zero-order valence-electron chi connectivity index (χ0n) is 10.4. The lowest BCUT2D eigenvalue weighted by atomic mass is 9.93. The van der Waals surface area contributed by atoms with E-state index < -0.39 is 0 Å². The molecule has 0 amide bonds. The smallest absolute Gasteiger partial charge is 0.102 e. The van der Waals surface area contributed by atoms with Crippen LogP contribution in [0, 0.1) is 5.92 Å². The highest BCUT2D eigenvalue weighted by atomic mass is 16.3. The SMILES string of the molecule is CCC(O)CC1CCCCN2CCCN=C12. The molecule has 16 heavy (non-hydrogen) atoms. The number of aliphatic hydroxyl groups excluding tert-OH is 1. The first-order valence-electron chi connectivity index (χ1n) is 6.78. The Hall–Kier alpha value is -0.570. The number of rotatable bonds is 3. The molecule has 2 heterocycles. The fourth-order valence-electron chi connectivity index (χ4n) is 2.82. The van der Waals surface area contributed by atoms with Crippen LogP contribution in [0.3, 0.4) is 0 Å². The highest BCUT2D eigenvalue weighted by Crippen LogP contribution is 2.25. The quantitative estimate of drug-likeness (QED) is 0.796. The summed E-state index contributed by atoms with van der Waals surface area (Å²) in [7, 11) is 0. The van der Waals surface area contributed by atoms with E-state index in [9.17, 15) is 5.11 Å². The monoisotopic (exact) mass is 224 g/mol. The zero-order chi connectivity index (χ0) is 11.4. The summed E-state index contributed by atoms with van der Waals surface area (Å²) >= 11 is 0. The van der Waals surface area contributed by atoms with Gasteiger partial charge in [0.15, 0.2) is 0 Å². The van der Waals surface area contributed by atoms with Crippen molar-refractivity contribution in [2.75, 3.05) is 19.6 Å². The van der Waals surface area contributed by atoms with Gasteiger partial charge in [-0.3, -0.25) is 4.99 Å². The number of hydrogen-bond acceptors (Lipinski definition) is 3. The second-order valence-corrected chi connectivity index (χ2v) is 5.07. The molecule has 0 radical (unpaired) electrons. The van der Waals surface area contributed by atoms with Crippen molar-refractivity contribution in [1.82, 2.24) is 4.90 Å². The van der Waals surface area contributed by atoms with Gasteiger partial charge < -0.3 is 10.0 Å². The third-order valence-electron chi connectivity index (χ3n) is 3.81. The lowest BCUT2D eigenvalue weighted by Gasteiger charge is -2.32. The van der Waals surface area contributed by atoms with Crippen LogP contribution in [0.1, 0.15) is 45.4 Å². The summed E-state index contributed by atoms with van der Waals surface area (Å²) in [6, 6.07) is 0. The van der Waals surface area contributed by atoms with Crippen LogP contribution in [0.25, 0.3) is 0 Å². The first kappa shape index (κ1) is 11.9. The third-order valence-corrected chi connectivity index (χ3v) is 3.81. The molecule has 0 saturated carbocycles. The molecule has 0 aromatic carbocycles. The zero-order valence-corrected chi connectivity index (χ0v) is 10.4. The van der Waals surface area contributed by atoms with E-state index in [0.29, 0.717) is 5.92 Å². The Kier molecular flexibility index (Phi) is 4.22. The Balaban J connectivity index is 2.05. The summed E-state index contributed by atoms with van der Waals surface area (Å²) in [6.45, 7) is 5.40. The van der Waals surface area contributed by atoms with Gasteiger partial charge >= 0.3 is 0 Å². The highest BCUT2D eigenvalue weighted by molar-refractivity contribution is 5.85.